The molecule has 5 rings (SSSR count). The summed E-state index contributed by atoms with van der Waals surface area (Å²) in [5.74, 6) is 0.182. The first kappa shape index (κ1) is 19.9. The molecule has 1 unspecified atom stereocenters. The van der Waals surface area contributed by atoms with Crippen LogP contribution in [0, 0.1) is 12.7 Å². The summed E-state index contributed by atoms with van der Waals surface area (Å²) in [6.45, 7) is 3.67. The lowest BCUT2D eigenvalue weighted by molar-refractivity contribution is 0.626. The van der Waals surface area contributed by atoms with Crippen LogP contribution in [0.25, 0.3) is 11.0 Å². The predicted molar refractivity (Wildman–Crippen MR) is 123 cm³/mol. The van der Waals surface area contributed by atoms with Crippen molar-refractivity contribution in [3.05, 3.63) is 88.7 Å². The van der Waals surface area contributed by atoms with Gasteiger partial charge in [0.25, 0.3) is 0 Å². The highest BCUT2D eigenvalue weighted by atomic mass is 32.2. The van der Waals surface area contributed by atoms with Crippen molar-refractivity contribution in [1.82, 2.24) is 9.97 Å². The summed E-state index contributed by atoms with van der Waals surface area (Å²) in [4.78, 5) is 10.1. The highest BCUT2D eigenvalue weighted by molar-refractivity contribution is 7.84. The number of anilines is 1. The van der Waals surface area contributed by atoms with Gasteiger partial charge in [0.1, 0.15) is 5.82 Å². The van der Waals surface area contributed by atoms with Gasteiger partial charge in [0.15, 0.2) is 5.16 Å². The van der Waals surface area contributed by atoms with E-state index >= 15 is 0 Å². The molecule has 158 valence electrons. The van der Waals surface area contributed by atoms with Gasteiger partial charge >= 0.3 is 0 Å². The third kappa shape index (κ3) is 4.12. The first-order valence-corrected chi connectivity index (χ1v) is 11.8. The van der Waals surface area contributed by atoms with Gasteiger partial charge < -0.3 is 9.88 Å². The summed E-state index contributed by atoms with van der Waals surface area (Å²) in [6, 6.07) is 18.9. The second-order valence-electron chi connectivity index (χ2n) is 8.13. The lowest BCUT2D eigenvalue weighted by Crippen LogP contribution is -2.30. The Balaban J connectivity index is 1.44. The van der Waals surface area contributed by atoms with E-state index in [2.05, 4.69) is 33.1 Å². The molecule has 0 spiro atoms. The molecule has 4 nitrogen and oxygen atoms in total. The molecule has 0 amide bonds. The highest BCUT2D eigenvalue weighted by Crippen LogP contribution is 2.33. The Hall–Kier alpha value is -2.99. The zero-order valence-corrected chi connectivity index (χ0v) is 18.2. The number of hydrogen-bond acceptors (Lipinski definition) is 3. The molecule has 0 bridgehead atoms. The van der Waals surface area contributed by atoms with E-state index in [9.17, 15) is 8.60 Å². The Morgan fingerprint density at radius 1 is 1.13 bits per heavy atom. The van der Waals surface area contributed by atoms with E-state index in [0.29, 0.717) is 17.5 Å². The Morgan fingerprint density at radius 2 is 1.97 bits per heavy atom. The number of fused-ring (bicyclic) bond motifs is 2. The standard InChI is InChI=1S/C25H24FN3OS/c1-17-7-12-22-23(14-17)28-25(27-22)31(30)16-20-5-2-4-19-6-3-13-29(24(19)20)15-18-8-10-21(26)11-9-18/h2,4-5,7-12,14H,3,6,13,15-16H2,1H3,(H,27,28). The number of nitrogens with one attached hydrogen (secondary N) is 1. The number of benzene rings is 3. The number of nitrogens with zero attached hydrogens (tertiary/aromatic N) is 2. The lowest BCUT2D eigenvalue weighted by atomic mass is 9.97. The predicted octanol–water partition coefficient (Wildman–Crippen LogP) is 5.27. The number of hydrogen-bond donors (Lipinski definition) is 1. The smallest absolute Gasteiger partial charge is 0.197 e. The molecule has 4 aromatic rings. The van der Waals surface area contributed by atoms with Gasteiger partial charge in [0.2, 0.25) is 0 Å². The maximum atomic E-state index is 13.3. The van der Waals surface area contributed by atoms with E-state index in [1.807, 2.05) is 37.3 Å². The van der Waals surface area contributed by atoms with Gasteiger partial charge in [-0.3, -0.25) is 4.21 Å². The molecule has 2 heterocycles. The quantitative estimate of drug-likeness (QED) is 0.466. The van der Waals surface area contributed by atoms with Crippen LogP contribution in [0.2, 0.25) is 0 Å². The van der Waals surface area contributed by atoms with Gasteiger partial charge in [0.05, 0.1) is 27.6 Å². The van der Waals surface area contributed by atoms with E-state index < -0.39 is 10.8 Å². The van der Waals surface area contributed by atoms with Crippen molar-refractivity contribution in [2.75, 3.05) is 11.4 Å². The molecule has 0 fully saturated rings. The summed E-state index contributed by atoms with van der Waals surface area (Å²) >= 11 is 0. The third-order valence-corrected chi connectivity index (χ3v) is 7.00. The minimum atomic E-state index is -1.28. The van der Waals surface area contributed by atoms with Crippen molar-refractivity contribution in [3.8, 4) is 0 Å². The van der Waals surface area contributed by atoms with Gasteiger partial charge in [-0.05, 0) is 66.3 Å². The fourth-order valence-corrected chi connectivity index (χ4v) is 5.40. The Kier molecular flexibility index (Phi) is 5.32. The van der Waals surface area contributed by atoms with Gasteiger partial charge in [0, 0.05) is 18.8 Å². The Labute approximate surface area is 183 Å². The number of imidazole rings is 1. The molecule has 3 aromatic carbocycles. The van der Waals surface area contributed by atoms with Gasteiger partial charge in [-0.2, -0.15) is 0 Å². The molecule has 1 atom stereocenters. The normalized spacial score (nSPS) is 14.6. The van der Waals surface area contributed by atoms with Crippen LogP contribution in [0.4, 0.5) is 10.1 Å². The van der Waals surface area contributed by atoms with Crippen molar-refractivity contribution in [3.63, 3.8) is 0 Å². The molecule has 6 heteroatoms. The fourth-order valence-electron chi connectivity index (χ4n) is 4.33. The third-order valence-electron chi connectivity index (χ3n) is 5.80. The molecule has 0 saturated carbocycles. The summed E-state index contributed by atoms with van der Waals surface area (Å²) in [6.07, 6.45) is 2.09. The maximum Gasteiger partial charge on any atom is 0.197 e. The van der Waals surface area contributed by atoms with Crippen molar-refractivity contribution < 1.29 is 8.60 Å². The average molecular weight is 434 g/mol. The van der Waals surface area contributed by atoms with Crippen molar-refractivity contribution in [2.24, 2.45) is 0 Å². The summed E-state index contributed by atoms with van der Waals surface area (Å²) in [5.41, 5.74) is 7.47. The molecule has 1 aromatic heterocycles. The van der Waals surface area contributed by atoms with Crippen LogP contribution in [0.3, 0.4) is 0 Å². The first-order chi connectivity index (χ1) is 15.1. The molecule has 1 aliphatic rings. The minimum absolute atomic E-state index is 0.222. The molecule has 1 N–H and O–H groups in total. The van der Waals surface area contributed by atoms with E-state index in [1.165, 1.54) is 23.4 Å². The fraction of sp³-hybridized carbons (Fsp3) is 0.240. The van der Waals surface area contributed by atoms with E-state index in [1.54, 1.807) is 0 Å². The summed E-state index contributed by atoms with van der Waals surface area (Å²) in [5, 5.41) is 0.513. The number of para-hydroxylation sites is 1. The molecule has 0 radical (unpaired) electrons. The van der Waals surface area contributed by atoms with Crippen molar-refractivity contribution >= 4 is 27.5 Å². The van der Waals surface area contributed by atoms with E-state index in [4.69, 9.17) is 0 Å². The molecular formula is C25H24FN3OS. The van der Waals surface area contributed by atoms with Crippen LogP contribution >= 0.6 is 0 Å². The summed E-state index contributed by atoms with van der Waals surface area (Å²) < 4.78 is 26.5. The van der Waals surface area contributed by atoms with E-state index in [-0.39, 0.29) is 5.82 Å². The van der Waals surface area contributed by atoms with Crippen LogP contribution in [-0.2, 0) is 29.5 Å². The van der Waals surface area contributed by atoms with Crippen molar-refractivity contribution in [2.45, 2.75) is 37.2 Å². The van der Waals surface area contributed by atoms with Gasteiger partial charge in [-0.15, -0.1) is 0 Å². The first-order valence-electron chi connectivity index (χ1n) is 10.5. The lowest BCUT2D eigenvalue weighted by Gasteiger charge is -2.33. The van der Waals surface area contributed by atoms with Crippen LogP contribution in [0.5, 0.6) is 0 Å². The number of rotatable bonds is 5. The molecule has 31 heavy (non-hydrogen) atoms. The minimum Gasteiger partial charge on any atom is -0.367 e. The zero-order chi connectivity index (χ0) is 21.4. The zero-order valence-electron chi connectivity index (χ0n) is 17.4. The number of aromatic amines is 1. The highest BCUT2D eigenvalue weighted by Gasteiger charge is 2.22. The monoisotopic (exact) mass is 433 g/mol. The second-order valence-corrected chi connectivity index (χ2v) is 9.50. The topological polar surface area (TPSA) is 49.0 Å². The number of halogens is 1. The molecule has 0 aliphatic carbocycles. The van der Waals surface area contributed by atoms with Crippen molar-refractivity contribution in [1.29, 1.82) is 0 Å². The second kappa shape index (κ2) is 8.27. The molecular weight excluding hydrogens is 409 g/mol. The molecule has 0 saturated heterocycles. The van der Waals surface area contributed by atoms with Gasteiger partial charge in [-0.1, -0.05) is 36.4 Å². The van der Waals surface area contributed by atoms with Gasteiger partial charge in [-0.25, -0.2) is 9.37 Å². The largest absolute Gasteiger partial charge is 0.367 e. The summed E-state index contributed by atoms with van der Waals surface area (Å²) in [7, 11) is -1.28. The Bertz CT molecular complexity index is 1270. The average Bonchev–Trinajstić information content (AvgIpc) is 3.19. The van der Waals surface area contributed by atoms with E-state index in [0.717, 1.165) is 47.1 Å². The SMILES string of the molecule is Cc1ccc2nc(S(=O)Cc3cccc4c3N(Cc3ccc(F)cc3)CCC4)[nH]c2c1. The van der Waals surface area contributed by atoms with Crippen LogP contribution in [0.1, 0.15) is 28.7 Å². The van der Waals surface area contributed by atoms with Crippen LogP contribution in [0.15, 0.2) is 65.8 Å². The number of aryl methyl sites for hydroxylation is 2. The number of H-pyrrole nitrogens is 1. The molecule has 1 aliphatic heterocycles. The van der Waals surface area contributed by atoms with Crippen LogP contribution < -0.4 is 4.90 Å². The van der Waals surface area contributed by atoms with Crippen LogP contribution in [-0.4, -0.2) is 20.7 Å². The Morgan fingerprint density at radius 3 is 2.81 bits per heavy atom. The number of aromatic nitrogens is 2. The maximum absolute atomic E-state index is 13.3.